The minimum absolute atomic E-state index is 0. The Kier molecular flexibility index (Phi) is 5.51. The highest BCUT2D eigenvalue weighted by Gasteiger charge is 2.20. The van der Waals surface area contributed by atoms with Gasteiger partial charge in [-0.1, -0.05) is 6.07 Å². The summed E-state index contributed by atoms with van der Waals surface area (Å²) in [7, 11) is 0. The molecule has 6 heteroatoms. The van der Waals surface area contributed by atoms with Gasteiger partial charge >= 0.3 is 0 Å². The fourth-order valence-corrected chi connectivity index (χ4v) is 1.98. The van der Waals surface area contributed by atoms with Crippen molar-refractivity contribution >= 4 is 35.7 Å². The molecule has 1 aromatic rings. The van der Waals surface area contributed by atoms with E-state index in [4.69, 9.17) is 11.6 Å². The summed E-state index contributed by atoms with van der Waals surface area (Å²) >= 11 is 5.52. The number of pyridine rings is 1. The van der Waals surface area contributed by atoms with Crippen LogP contribution >= 0.6 is 24.0 Å². The second-order valence-electron chi connectivity index (χ2n) is 3.69. The van der Waals surface area contributed by atoms with Gasteiger partial charge in [-0.25, -0.2) is 4.98 Å². The van der Waals surface area contributed by atoms with E-state index in [0.29, 0.717) is 0 Å². The van der Waals surface area contributed by atoms with Crippen LogP contribution in [0.15, 0.2) is 24.4 Å². The van der Waals surface area contributed by atoms with E-state index in [1.54, 1.807) is 11.1 Å². The number of amides is 1. The van der Waals surface area contributed by atoms with Gasteiger partial charge < -0.3 is 9.80 Å². The van der Waals surface area contributed by atoms with Crippen LogP contribution in [0.1, 0.15) is 0 Å². The normalized spacial score (nSPS) is 15.4. The smallest absolute Gasteiger partial charge is 0.237 e. The molecular weight excluding hydrogens is 261 g/mol. The third-order valence-corrected chi connectivity index (χ3v) is 2.95. The number of aromatic nitrogens is 1. The van der Waals surface area contributed by atoms with Crippen LogP contribution in [0.2, 0.25) is 0 Å². The van der Waals surface area contributed by atoms with Crippen LogP contribution in [0, 0.1) is 0 Å². The standard InChI is InChI=1S/C11H14ClN3O.ClH/c12-9-11(16)15-7-5-14(6-8-15)10-3-1-2-4-13-10;/h1-4H,5-9H2;1H. The van der Waals surface area contributed by atoms with Crippen molar-refractivity contribution in [3.05, 3.63) is 24.4 Å². The summed E-state index contributed by atoms with van der Waals surface area (Å²) in [4.78, 5) is 19.6. The van der Waals surface area contributed by atoms with Gasteiger partial charge in [0.15, 0.2) is 0 Å². The molecule has 0 bridgehead atoms. The van der Waals surface area contributed by atoms with Crippen LogP contribution in [-0.4, -0.2) is 47.9 Å². The lowest BCUT2D eigenvalue weighted by atomic mass is 10.3. The molecular formula is C11H15Cl2N3O. The van der Waals surface area contributed by atoms with Crippen molar-refractivity contribution in [2.24, 2.45) is 0 Å². The summed E-state index contributed by atoms with van der Waals surface area (Å²) in [6.07, 6.45) is 1.78. The summed E-state index contributed by atoms with van der Waals surface area (Å²) in [5.74, 6) is 1.06. The summed E-state index contributed by atoms with van der Waals surface area (Å²) < 4.78 is 0. The van der Waals surface area contributed by atoms with E-state index in [1.165, 1.54) is 0 Å². The fraction of sp³-hybridized carbons (Fsp3) is 0.455. The van der Waals surface area contributed by atoms with Gasteiger partial charge in [-0.15, -0.1) is 24.0 Å². The second-order valence-corrected chi connectivity index (χ2v) is 3.96. The highest BCUT2D eigenvalue weighted by atomic mass is 35.5. The molecule has 1 amide bonds. The lowest BCUT2D eigenvalue weighted by Crippen LogP contribution is -2.49. The van der Waals surface area contributed by atoms with Crippen LogP contribution in [0.3, 0.4) is 0 Å². The first-order valence-corrected chi connectivity index (χ1v) is 5.84. The van der Waals surface area contributed by atoms with Crippen LogP contribution in [0.25, 0.3) is 0 Å². The molecule has 0 unspecified atom stereocenters. The predicted octanol–water partition coefficient (Wildman–Crippen LogP) is 1.39. The third kappa shape index (κ3) is 3.48. The quantitative estimate of drug-likeness (QED) is 0.766. The largest absolute Gasteiger partial charge is 0.353 e. The number of piperazine rings is 1. The zero-order valence-corrected chi connectivity index (χ0v) is 11.0. The van der Waals surface area contributed by atoms with Crippen molar-refractivity contribution in [3.63, 3.8) is 0 Å². The number of hydrogen-bond acceptors (Lipinski definition) is 3. The maximum absolute atomic E-state index is 11.4. The van der Waals surface area contributed by atoms with Crippen LogP contribution in [0.4, 0.5) is 5.82 Å². The van der Waals surface area contributed by atoms with Crippen molar-refractivity contribution in [3.8, 4) is 0 Å². The minimum Gasteiger partial charge on any atom is -0.353 e. The molecule has 2 heterocycles. The number of carbonyl (C=O) groups is 1. The van der Waals surface area contributed by atoms with Gasteiger partial charge in [0.25, 0.3) is 0 Å². The van der Waals surface area contributed by atoms with Gasteiger partial charge in [0, 0.05) is 32.4 Å². The maximum Gasteiger partial charge on any atom is 0.237 e. The average Bonchev–Trinajstić information content (AvgIpc) is 2.39. The van der Waals surface area contributed by atoms with Gasteiger partial charge in [0.1, 0.15) is 11.7 Å². The number of carbonyl (C=O) groups excluding carboxylic acids is 1. The first-order chi connectivity index (χ1) is 7.81. The molecule has 0 spiro atoms. The monoisotopic (exact) mass is 275 g/mol. The van der Waals surface area contributed by atoms with Crippen molar-refractivity contribution < 1.29 is 4.79 Å². The van der Waals surface area contributed by atoms with Crippen LogP contribution in [-0.2, 0) is 4.79 Å². The van der Waals surface area contributed by atoms with Gasteiger partial charge in [-0.3, -0.25) is 4.79 Å². The molecule has 1 aliphatic rings. The number of halogens is 2. The Hall–Kier alpha value is -1.00. The summed E-state index contributed by atoms with van der Waals surface area (Å²) in [5.41, 5.74) is 0. The molecule has 0 saturated carbocycles. The van der Waals surface area contributed by atoms with E-state index < -0.39 is 0 Å². The van der Waals surface area contributed by atoms with E-state index in [9.17, 15) is 4.79 Å². The van der Waals surface area contributed by atoms with E-state index in [2.05, 4.69) is 9.88 Å². The number of nitrogens with zero attached hydrogens (tertiary/aromatic N) is 3. The molecule has 0 aliphatic carbocycles. The summed E-state index contributed by atoms with van der Waals surface area (Å²) in [6.45, 7) is 3.09. The van der Waals surface area contributed by atoms with Crippen LogP contribution < -0.4 is 4.90 Å². The molecule has 0 aromatic carbocycles. The molecule has 1 aliphatic heterocycles. The molecule has 4 nitrogen and oxygen atoms in total. The first-order valence-electron chi connectivity index (χ1n) is 5.31. The zero-order valence-electron chi connectivity index (χ0n) is 9.38. The predicted molar refractivity (Wildman–Crippen MR) is 71.0 cm³/mol. The van der Waals surface area contributed by atoms with E-state index >= 15 is 0 Å². The Bertz CT molecular complexity index is 353. The highest BCUT2D eigenvalue weighted by Crippen LogP contribution is 2.12. The summed E-state index contributed by atoms with van der Waals surface area (Å²) in [6, 6.07) is 5.86. The maximum atomic E-state index is 11.4. The van der Waals surface area contributed by atoms with E-state index in [-0.39, 0.29) is 24.2 Å². The van der Waals surface area contributed by atoms with Crippen molar-refractivity contribution in [2.45, 2.75) is 0 Å². The Labute approximate surface area is 112 Å². The van der Waals surface area contributed by atoms with Crippen LogP contribution in [0.5, 0.6) is 0 Å². The number of hydrogen-bond donors (Lipinski definition) is 0. The van der Waals surface area contributed by atoms with Crippen molar-refractivity contribution in [1.82, 2.24) is 9.88 Å². The second kappa shape index (κ2) is 6.67. The molecule has 94 valence electrons. The Balaban J connectivity index is 0.00000144. The Morgan fingerprint density at radius 2 is 2.00 bits per heavy atom. The average molecular weight is 276 g/mol. The molecule has 1 fully saturated rings. The van der Waals surface area contributed by atoms with Crippen molar-refractivity contribution in [1.29, 1.82) is 0 Å². The first kappa shape index (κ1) is 14.1. The van der Waals surface area contributed by atoms with Crippen molar-refractivity contribution in [2.75, 3.05) is 37.0 Å². The van der Waals surface area contributed by atoms with E-state index in [1.807, 2.05) is 18.2 Å². The van der Waals surface area contributed by atoms with Gasteiger partial charge in [0.05, 0.1) is 0 Å². The SMILES string of the molecule is Cl.O=C(CCl)N1CCN(c2ccccn2)CC1. The highest BCUT2D eigenvalue weighted by molar-refractivity contribution is 6.27. The molecule has 17 heavy (non-hydrogen) atoms. The molecule has 1 saturated heterocycles. The van der Waals surface area contributed by atoms with Gasteiger partial charge in [-0.2, -0.15) is 0 Å². The topological polar surface area (TPSA) is 36.4 Å². The molecule has 0 radical (unpaired) electrons. The number of rotatable bonds is 2. The number of alkyl halides is 1. The molecule has 1 aromatic heterocycles. The lowest BCUT2D eigenvalue weighted by Gasteiger charge is -2.35. The Morgan fingerprint density at radius 3 is 2.53 bits per heavy atom. The third-order valence-electron chi connectivity index (χ3n) is 2.72. The molecule has 0 N–H and O–H groups in total. The van der Waals surface area contributed by atoms with E-state index in [0.717, 1.165) is 32.0 Å². The minimum atomic E-state index is 0. The lowest BCUT2D eigenvalue weighted by molar-refractivity contribution is -0.128. The zero-order chi connectivity index (χ0) is 11.4. The fourth-order valence-electron chi connectivity index (χ4n) is 1.81. The Morgan fingerprint density at radius 1 is 1.29 bits per heavy atom. The van der Waals surface area contributed by atoms with Gasteiger partial charge in [0.2, 0.25) is 5.91 Å². The molecule has 0 atom stereocenters. The molecule has 2 rings (SSSR count). The summed E-state index contributed by atoms with van der Waals surface area (Å²) in [5, 5.41) is 0. The van der Waals surface area contributed by atoms with Gasteiger partial charge in [-0.05, 0) is 12.1 Å². The number of anilines is 1.